The molecule has 0 radical (unpaired) electrons. The molecule has 0 saturated heterocycles. The van der Waals surface area contributed by atoms with Crippen LogP contribution < -0.4 is 5.32 Å². The van der Waals surface area contributed by atoms with Crippen LogP contribution in [0, 0.1) is 10.1 Å². The summed E-state index contributed by atoms with van der Waals surface area (Å²) in [5.41, 5.74) is -0.575. The van der Waals surface area contributed by atoms with Crippen molar-refractivity contribution >= 4 is 23.2 Å². The van der Waals surface area contributed by atoms with Gasteiger partial charge in [-0.15, -0.1) is 0 Å². The normalized spacial score (nSPS) is 10.3. The maximum Gasteiger partial charge on any atom is 0.319 e. The van der Waals surface area contributed by atoms with Crippen LogP contribution in [-0.2, 0) is 6.54 Å². The van der Waals surface area contributed by atoms with Crippen LogP contribution in [0.2, 0.25) is 5.15 Å². The Balaban J connectivity index is 1.94. The number of nitrogens with zero attached hydrogens (tertiary/aromatic N) is 4. The van der Waals surface area contributed by atoms with E-state index < -0.39 is 16.5 Å². The Hall–Kier alpha value is -2.48. The maximum absolute atomic E-state index is 12.0. The number of hydrogen-bond donors (Lipinski definition) is 1. The van der Waals surface area contributed by atoms with Crippen molar-refractivity contribution in [3.05, 3.63) is 51.8 Å². The van der Waals surface area contributed by atoms with Crippen LogP contribution >= 0.6 is 11.6 Å². The number of imidazole rings is 1. The number of aryl methyl sites for hydroxylation is 1. The smallest absolute Gasteiger partial charge is 0.319 e. The van der Waals surface area contributed by atoms with E-state index in [9.17, 15) is 14.9 Å². The van der Waals surface area contributed by atoms with E-state index in [0.29, 0.717) is 19.5 Å². The molecule has 1 amide bonds. The summed E-state index contributed by atoms with van der Waals surface area (Å²) < 4.78 is 1.87. The molecular weight excluding hydrogens is 298 g/mol. The molecular formula is C12H12ClN5O3. The second-order valence-electron chi connectivity index (χ2n) is 4.17. The molecule has 0 aliphatic carbocycles. The van der Waals surface area contributed by atoms with E-state index in [0.717, 1.165) is 0 Å². The van der Waals surface area contributed by atoms with Gasteiger partial charge in [-0.1, -0.05) is 11.6 Å². The molecule has 1 N–H and O–H groups in total. The van der Waals surface area contributed by atoms with Crippen LogP contribution in [0.1, 0.15) is 16.8 Å². The lowest BCUT2D eigenvalue weighted by atomic mass is 10.2. The van der Waals surface area contributed by atoms with Crippen molar-refractivity contribution < 1.29 is 9.72 Å². The van der Waals surface area contributed by atoms with Crippen LogP contribution in [0.4, 0.5) is 5.69 Å². The van der Waals surface area contributed by atoms with Gasteiger partial charge in [-0.2, -0.15) is 0 Å². The number of aromatic nitrogens is 3. The molecule has 2 aromatic rings. The Kier molecular flexibility index (Phi) is 4.83. The SMILES string of the molecule is O=C(NCCCn1ccnc1)c1ccnc(Cl)c1[N+](=O)[O-]. The molecule has 0 atom stereocenters. The molecule has 110 valence electrons. The molecule has 2 aromatic heterocycles. The minimum absolute atomic E-state index is 0.0948. The molecule has 8 nitrogen and oxygen atoms in total. The summed E-state index contributed by atoms with van der Waals surface area (Å²) in [6.07, 6.45) is 7.09. The fourth-order valence-electron chi connectivity index (χ4n) is 1.76. The van der Waals surface area contributed by atoms with E-state index in [4.69, 9.17) is 11.6 Å². The van der Waals surface area contributed by atoms with Crippen molar-refractivity contribution in [2.45, 2.75) is 13.0 Å². The van der Waals surface area contributed by atoms with E-state index in [1.54, 1.807) is 12.5 Å². The molecule has 0 aliphatic rings. The summed E-state index contributed by atoms with van der Waals surface area (Å²) in [4.78, 5) is 29.7. The summed E-state index contributed by atoms with van der Waals surface area (Å²) in [5.74, 6) is -0.545. The van der Waals surface area contributed by atoms with Gasteiger partial charge < -0.3 is 9.88 Å². The minimum atomic E-state index is -0.713. The Bertz CT molecular complexity index is 644. The van der Waals surface area contributed by atoms with Crippen LogP contribution in [-0.4, -0.2) is 31.9 Å². The first-order chi connectivity index (χ1) is 10.1. The van der Waals surface area contributed by atoms with Gasteiger partial charge in [-0.3, -0.25) is 14.9 Å². The average Bonchev–Trinajstić information content (AvgIpc) is 2.95. The van der Waals surface area contributed by atoms with E-state index in [1.165, 1.54) is 12.3 Å². The number of carbonyl (C=O) groups excluding carboxylic acids is 1. The van der Waals surface area contributed by atoms with Gasteiger partial charge in [-0.25, -0.2) is 9.97 Å². The van der Waals surface area contributed by atoms with Crippen molar-refractivity contribution in [1.29, 1.82) is 0 Å². The number of halogens is 1. The molecule has 0 spiro atoms. The van der Waals surface area contributed by atoms with Crippen molar-refractivity contribution in [2.75, 3.05) is 6.54 Å². The molecule has 21 heavy (non-hydrogen) atoms. The van der Waals surface area contributed by atoms with Gasteiger partial charge in [0.1, 0.15) is 5.56 Å². The molecule has 0 bridgehead atoms. The fourth-order valence-corrected chi connectivity index (χ4v) is 1.99. The van der Waals surface area contributed by atoms with Crippen LogP contribution in [0.25, 0.3) is 0 Å². The summed E-state index contributed by atoms with van der Waals surface area (Å²) in [7, 11) is 0. The number of nitro groups is 1. The highest BCUT2D eigenvalue weighted by molar-refractivity contribution is 6.32. The van der Waals surface area contributed by atoms with Gasteiger partial charge in [0.25, 0.3) is 5.91 Å². The van der Waals surface area contributed by atoms with Gasteiger partial charge in [0.15, 0.2) is 0 Å². The number of pyridine rings is 1. The molecule has 0 unspecified atom stereocenters. The lowest BCUT2D eigenvalue weighted by Crippen LogP contribution is -2.26. The lowest BCUT2D eigenvalue weighted by Gasteiger charge is -2.06. The quantitative estimate of drug-likeness (QED) is 0.378. The first kappa shape index (κ1) is 14.9. The molecule has 2 rings (SSSR count). The second-order valence-corrected chi connectivity index (χ2v) is 4.52. The predicted octanol–water partition coefficient (Wildman–Crippen LogP) is 1.66. The van der Waals surface area contributed by atoms with Crippen LogP contribution in [0.5, 0.6) is 0 Å². The first-order valence-corrected chi connectivity index (χ1v) is 6.50. The first-order valence-electron chi connectivity index (χ1n) is 6.12. The van der Waals surface area contributed by atoms with Crippen molar-refractivity contribution in [3.63, 3.8) is 0 Å². The summed E-state index contributed by atoms with van der Waals surface area (Å²) in [6.45, 7) is 1.08. The zero-order valence-corrected chi connectivity index (χ0v) is 11.7. The average molecular weight is 310 g/mol. The zero-order chi connectivity index (χ0) is 15.2. The summed E-state index contributed by atoms with van der Waals surface area (Å²) in [6, 6.07) is 1.27. The standard InChI is InChI=1S/C12H12ClN5O3/c13-11-10(18(20)21)9(2-4-15-11)12(19)16-3-1-6-17-7-5-14-8-17/h2,4-5,7-8H,1,3,6H2,(H,16,19). The Labute approximate surface area is 124 Å². The monoisotopic (exact) mass is 309 g/mol. The third kappa shape index (κ3) is 3.76. The topological polar surface area (TPSA) is 103 Å². The zero-order valence-electron chi connectivity index (χ0n) is 10.9. The minimum Gasteiger partial charge on any atom is -0.352 e. The summed E-state index contributed by atoms with van der Waals surface area (Å²) >= 11 is 5.65. The number of rotatable bonds is 6. The predicted molar refractivity (Wildman–Crippen MR) is 75.1 cm³/mol. The molecule has 0 aromatic carbocycles. The van der Waals surface area contributed by atoms with Gasteiger partial charge in [0.2, 0.25) is 5.15 Å². The summed E-state index contributed by atoms with van der Waals surface area (Å²) in [5, 5.41) is 13.2. The highest BCUT2D eigenvalue weighted by Gasteiger charge is 2.24. The highest BCUT2D eigenvalue weighted by Crippen LogP contribution is 2.25. The maximum atomic E-state index is 12.0. The van der Waals surface area contributed by atoms with Gasteiger partial charge in [0.05, 0.1) is 11.3 Å². The van der Waals surface area contributed by atoms with Crippen LogP contribution in [0.15, 0.2) is 31.0 Å². The number of amides is 1. The van der Waals surface area contributed by atoms with Gasteiger partial charge in [-0.05, 0) is 12.5 Å². The van der Waals surface area contributed by atoms with E-state index in [2.05, 4.69) is 15.3 Å². The number of carbonyl (C=O) groups is 1. The third-order valence-corrected chi connectivity index (χ3v) is 3.02. The van der Waals surface area contributed by atoms with E-state index in [-0.39, 0.29) is 10.7 Å². The number of nitrogens with one attached hydrogen (secondary N) is 1. The molecule has 0 aliphatic heterocycles. The molecule has 0 saturated carbocycles. The van der Waals surface area contributed by atoms with Crippen molar-refractivity contribution in [2.24, 2.45) is 0 Å². The van der Waals surface area contributed by atoms with E-state index in [1.807, 2.05) is 10.8 Å². The second kappa shape index (κ2) is 6.80. The lowest BCUT2D eigenvalue weighted by molar-refractivity contribution is -0.385. The van der Waals surface area contributed by atoms with Gasteiger partial charge >= 0.3 is 5.69 Å². The van der Waals surface area contributed by atoms with Crippen LogP contribution in [0.3, 0.4) is 0 Å². The number of hydrogen-bond acceptors (Lipinski definition) is 5. The van der Waals surface area contributed by atoms with E-state index >= 15 is 0 Å². The highest BCUT2D eigenvalue weighted by atomic mass is 35.5. The molecule has 2 heterocycles. The Morgan fingerprint density at radius 2 is 2.29 bits per heavy atom. The Morgan fingerprint density at radius 1 is 1.48 bits per heavy atom. The largest absolute Gasteiger partial charge is 0.352 e. The van der Waals surface area contributed by atoms with Gasteiger partial charge in [0, 0.05) is 31.7 Å². The molecule has 9 heteroatoms. The fraction of sp³-hybridized carbons (Fsp3) is 0.250. The Morgan fingerprint density at radius 3 is 2.95 bits per heavy atom. The van der Waals surface area contributed by atoms with Crippen molar-refractivity contribution in [1.82, 2.24) is 19.9 Å². The molecule has 0 fully saturated rings. The third-order valence-electron chi connectivity index (χ3n) is 2.74. The van der Waals surface area contributed by atoms with Crippen molar-refractivity contribution in [3.8, 4) is 0 Å².